The molecular formula is C15H13BrN2O3. The van der Waals surface area contributed by atoms with E-state index in [9.17, 15) is 9.59 Å². The third-order valence-electron chi connectivity index (χ3n) is 3.01. The lowest BCUT2D eigenvalue weighted by atomic mass is 10.1. The van der Waals surface area contributed by atoms with E-state index in [4.69, 9.17) is 10.8 Å². The molecule has 108 valence electrons. The van der Waals surface area contributed by atoms with E-state index in [0.717, 1.165) is 4.47 Å². The van der Waals surface area contributed by atoms with Gasteiger partial charge in [0.15, 0.2) is 0 Å². The molecule has 0 aliphatic rings. The van der Waals surface area contributed by atoms with E-state index in [1.165, 1.54) is 23.1 Å². The summed E-state index contributed by atoms with van der Waals surface area (Å²) in [5, 5.41) is 8.92. The zero-order valence-corrected chi connectivity index (χ0v) is 12.8. The van der Waals surface area contributed by atoms with Gasteiger partial charge < -0.3 is 15.7 Å². The van der Waals surface area contributed by atoms with Crippen LogP contribution in [-0.4, -0.2) is 24.0 Å². The highest BCUT2D eigenvalue weighted by molar-refractivity contribution is 9.10. The molecule has 21 heavy (non-hydrogen) atoms. The number of carbonyl (C=O) groups is 2. The van der Waals surface area contributed by atoms with E-state index in [0.29, 0.717) is 11.3 Å². The average molecular weight is 349 g/mol. The van der Waals surface area contributed by atoms with Crippen molar-refractivity contribution in [3.63, 3.8) is 0 Å². The second-order valence-corrected chi connectivity index (χ2v) is 5.37. The van der Waals surface area contributed by atoms with Gasteiger partial charge in [-0.25, -0.2) is 4.79 Å². The van der Waals surface area contributed by atoms with Crippen molar-refractivity contribution < 1.29 is 14.7 Å². The summed E-state index contributed by atoms with van der Waals surface area (Å²) in [5.41, 5.74) is 7.13. The summed E-state index contributed by atoms with van der Waals surface area (Å²) < 4.78 is 0.802. The average Bonchev–Trinajstić information content (AvgIpc) is 2.45. The first-order valence-electron chi connectivity index (χ1n) is 6.06. The number of hydrogen-bond donors (Lipinski definition) is 2. The summed E-state index contributed by atoms with van der Waals surface area (Å²) in [6.45, 7) is 0. The van der Waals surface area contributed by atoms with E-state index in [1.807, 2.05) is 6.07 Å². The Labute approximate surface area is 130 Å². The van der Waals surface area contributed by atoms with Gasteiger partial charge in [0.2, 0.25) is 0 Å². The van der Waals surface area contributed by atoms with E-state index in [1.54, 1.807) is 25.2 Å². The number of nitrogens with zero attached hydrogens (tertiary/aromatic N) is 1. The van der Waals surface area contributed by atoms with Crippen molar-refractivity contribution in [3.05, 3.63) is 58.1 Å². The zero-order chi connectivity index (χ0) is 15.6. The van der Waals surface area contributed by atoms with Gasteiger partial charge in [0, 0.05) is 17.1 Å². The smallest absolute Gasteiger partial charge is 0.335 e. The highest BCUT2D eigenvalue weighted by Gasteiger charge is 2.17. The molecule has 0 radical (unpaired) electrons. The van der Waals surface area contributed by atoms with Crippen molar-refractivity contribution in [1.29, 1.82) is 0 Å². The SMILES string of the molecule is CN(C(=O)c1cccc(Br)c1)c1ccc(C(=O)O)cc1N. The Morgan fingerprint density at radius 1 is 1.14 bits per heavy atom. The van der Waals surface area contributed by atoms with Crippen LogP contribution in [0.4, 0.5) is 11.4 Å². The molecule has 0 saturated heterocycles. The van der Waals surface area contributed by atoms with Crippen LogP contribution < -0.4 is 10.6 Å². The first-order chi connectivity index (χ1) is 9.90. The molecule has 3 N–H and O–H groups in total. The van der Waals surface area contributed by atoms with Gasteiger partial charge in [-0.2, -0.15) is 0 Å². The summed E-state index contributed by atoms with van der Waals surface area (Å²) in [7, 11) is 1.59. The molecule has 2 rings (SSSR count). The van der Waals surface area contributed by atoms with Crippen LogP contribution in [0.3, 0.4) is 0 Å². The molecule has 0 fully saturated rings. The molecule has 0 aromatic heterocycles. The van der Waals surface area contributed by atoms with Crippen molar-refractivity contribution in [2.24, 2.45) is 0 Å². The van der Waals surface area contributed by atoms with Crippen LogP contribution in [0.5, 0.6) is 0 Å². The van der Waals surface area contributed by atoms with Crippen LogP contribution in [0.2, 0.25) is 0 Å². The zero-order valence-electron chi connectivity index (χ0n) is 11.2. The minimum atomic E-state index is -1.06. The highest BCUT2D eigenvalue weighted by Crippen LogP contribution is 2.25. The maximum Gasteiger partial charge on any atom is 0.335 e. The molecule has 5 nitrogen and oxygen atoms in total. The van der Waals surface area contributed by atoms with Gasteiger partial charge in [0.25, 0.3) is 5.91 Å². The number of carbonyl (C=O) groups excluding carboxylic acids is 1. The maximum absolute atomic E-state index is 12.4. The number of amides is 1. The Hall–Kier alpha value is -2.34. The lowest BCUT2D eigenvalue weighted by molar-refractivity contribution is 0.0697. The van der Waals surface area contributed by atoms with Gasteiger partial charge in [-0.1, -0.05) is 22.0 Å². The summed E-state index contributed by atoms with van der Waals surface area (Å²) in [5.74, 6) is -1.29. The van der Waals surface area contributed by atoms with Gasteiger partial charge >= 0.3 is 5.97 Å². The Kier molecular flexibility index (Phi) is 4.28. The number of nitrogen functional groups attached to an aromatic ring is 1. The molecule has 0 saturated carbocycles. The summed E-state index contributed by atoms with van der Waals surface area (Å²) in [6.07, 6.45) is 0. The Morgan fingerprint density at radius 2 is 1.86 bits per heavy atom. The molecule has 0 aliphatic heterocycles. The minimum Gasteiger partial charge on any atom is -0.478 e. The van der Waals surface area contributed by atoms with Crippen LogP contribution in [-0.2, 0) is 0 Å². The van der Waals surface area contributed by atoms with Crippen LogP contribution in [0, 0.1) is 0 Å². The largest absolute Gasteiger partial charge is 0.478 e. The second-order valence-electron chi connectivity index (χ2n) is 4.45. The highest BCUT2D eigenvalue weighted by atomic mass is 79.9. The standard InChI is InChI=1S/C15H13BrN2O3/c1-18(14(19)9-3-2-4-11(16)7-9)13-6-5-10(15(20)21)8-12(13)17/h2-8H,17H2,1H3,(H,20,21). The number of nitrogens with two attached hydrogens (primary N) is 1. The third-order valence-corrected chi connectivity index (χ3v) is 3.51. The maximum atomic E-state index is 12.4. The fraction of sp³-hybridized carbons (Fsp3) is 0.0667. The van der Waals surface area contributed by atoms with E-state index in [-0.39, 0.29) is 17.2 Å². The molecule has 0 aliphatic carbocycles. The third kappa shape index (κ3) is 3.22. The lowest BCUT2D eigenvalue weighted by Crippen LogP contribution is -2.27. The predicted octanol–water partition coefficient (Wildman–Crippen LogP) is 3.01. The molecule has 0 spiro atoms. The first-order valence-corrected chi connectivity index (χ1v) is 6.86. The lowest BCUT2D eigenvalue weighted by Gasteiger charge is -2.19. The summed E-state index contributed by atoms with van der Waals surface area (Å²) in [4.78, 5) is 24.7. The van der Waals surface area contributed by atoms with Gasteiger partial charge in [-0.15, -0.1) is 0 Å². The van der Waals surface area contributed by atoms with Gasteiger partial charge in [-0.05, 0) is 36.4 Å². The summed E-state index contributed by atoms with van der Waals surface area (Å²) >= 11 is 3.32. The molecule has 1 amide bonds. The Morgan fingerprint density at radius 3 is 2.43 bits per heavy atom. The van der Waals surface area contributed by atoms with Gasteiger partial charge in [-0.3, -0.25) is 4.79 Å². The number of rotatable bonds is 3. The van der Waals surface area contributed by atoms with Crippen molar-refractivity contribution in [2.45, 2.75) is 0 Å². The number of hydrogen-bond acceptors (Lipinski definition) is 3. The Bertz CT molecular complexity index is 716. The second kappa shape index (κ2) is 5.97. The normalized spacial score (nSPS) is 10.2. The monoisotopic (exact) mass is 348 g/mol. The number of halogens is 1. The van der Waals surface area contributed by atoms with Gasteiger partial charge in [0.05, 0.1) is 16.9 Å². The number of anilines is 2. The number of aromatic carboxylic acids is 1. The summed E-state index contributed by atoms with van der Waals surface area (Å²) in [6, 6.07) is 11.3. The topological polar surface area (TPSA) is 83.6 Å². The van der Waals surface area contributed by atoms with Gasteiger partial charge in [0.1, 0.15) is 0 Å². The first kappa shape index (κ1) is 15.1. The molecule has 0 unspecified atom stereocenters. The fourth-order valence-electron chi connectivity index (χ4n) is 1.92. The van der Waals surface area contributed by atoms with Crippen LogP contribution in [0.25, 0.3) is 0 Å². The van der Waals surface area contributed by atoms with Crippen LogP contribution >= 0.6 is 15.9 Å². The molecule has 2 aromatic rings. The molecular weight excluding hydrogens is 336 g/mol. The molecule has 6 heteroatoms. The van der Waals surface area contributed by atoms with Crippen LogP contribution in [0.15, 0.2) is 46.9 Å². The molecule has 0 heterocycles. The molecule has 2 aromatic carbocycles. The van der Waals surface area contributed by atoms with Crippen molar-refractivity contribution >= 4 is 39.2 Å². The number of carboxylic acids is 1. The van der Waals surface area contributed by atoms with Crippen molar-refractivity contribution in [3.8, 4) is 0 Å². The molecule has 0 atom stereocenters. The Balaban J connectivity index is 2.33. The number of benzene rings is 2. The fourth-order valence-corrected chi connectivity index (χ4v) is 2.32. The van der Waals surface area contributed by atoms with E-state index >= 15 is 0 Å². The van der Waals surface area contributed by atoms with E-state index < -0.39 is 5.97 Å². The van der Waals surface area contributed by atoms with Crippen molar-refractivity contribution in [1.82, 2.24) is 0 Å². The van der Waals surface area contributed by atoms with E-state index in [2.05, 4.69) is 15.9 Å². The quantitative estimate of drug-likeness (QED) is 0.835. The van der Waals surface area contributed by atoms with Crippen molar-refractivity contribution in [2.75, 3.05) is 17.7 Å². The minimum absolute atomic E-state index is 0.0829. The molecule has 0 bridgehead atoms. The predicted molar refractivity (Wildman–Crippen MR) is 84.7 cm³/mol. The number of carboxylic acid groups (broad SMARTS) is 1. The van der Waals surface area contributed by atoms with Crippen LogP contribution in [0.1, 0.15) is 20.7 Å².